The number of hydrogen-bond acceptors (Lipinski definition) is 4. The summed E-state index contributed by atoms with van der Waals surface area (Å²) in [6.07, 6.45) is 9.51. The van der Waals surface area contributed by atoms with E-state index in [2.05, 4.69) is 50.8 Å². The van der Waals surface area contributed by atoms with E-state index in [1.54, 1.807) is 11.9 Å². The van der Waals surface area contributed by atoms with Crippen molar-refractivity contribution in [2.24, 2.45) is 5.92 Å². The van der Waals surface area contributed by atoms with Crippen molar-refractivity contribution >= 4 is 40.1 Å². The highest BCUT2D eigenvalue weighted by molar-refractivity contribution is 7.97. The number of aryl methyl sites for hydroxylation is 1. The molecule has 0 atom stereocenters. The Kier molecular flexibility index (Phi) is 8.59. The van der Waals surface area contributed by atoms with Crippen LogP contribution in [0.1, 0.15) is 37.7 Å². The zero-order valence-corrected chi connectivity index (χ0v) is 19.6. The topological polar surface area (TPSA) is 51.9 Å². The number of hydrogen-bond donors (Lipinski definition) is 4. The molecule has 4 N–H and O–H groups in total. The highest BCUT2D eigenvalue weighted by Gasteiger charge is 2.11. The second-order valence-electron chi connectivity index (χ2n) is 8.39. The first kappa shape index (κ1) is 22.5. The molecule has 0 saturated carbocycles. The van der Waals surface area contributed by atoms with Crippen LogP contribution in [-0.4, -0.2) is 31.2 Å². The van der Waals surface area contributed by atoms with Crippen molar-refractivity contribution in [3.8, 4) is 0 Å². The minimum absolute atomic E-state index is 0.793. The quantitative estimate of drug-likeness (QED) is 0.204. The van der Waals surface area contributed by atoms with Gasteiger partial charge in [-0.05, 0) is 118 Å². The third-order valence-electron chi connectivity index (χ3n) is 6.08. The first-order valence-electron chi connectivity index (χ1n) is 11.5. The van der Waals surface area contributed by atoms with E-state index in [1.807, 2.05) is 18.2 Å². The Morgan fingerprint density at radius 2 is 1.84 bits per heavy atom. The molecule has 2 heterocycles. The molecule has 1 saturated heterocycles. The Morgan fingerprint density at radius 3 is 2.68 bits per heavy atom. The lowest BCUT2D eigenvalue weighted by Gasteiger charge is -2.22. The average Bonchev–Trinajstić information content (AvgIpc) is 3.20. The normalized spacial score (nSPS) is 14.9. The summed E-state index contributed by atoms with van der Waals surface area (Å²) in [4.78, 5) is 4.58. The molecule has 6 heteroatoms. The van der Waals surface area contributed by atoms with Crippen molar-refractivity contribution in [3.63, 3.8) is 0 Å². The van der Waals surface area contributed by atoms with Gasteiger partial charge in [-0.3, -0.25) is 4.72 Å². The van der Waals surface area contributed by atoms with Crippen LogP contribution in [0.25, 0.3) is 10.9 Å². The van der Waals surface area contributed by atoms with Gasteiger partial charge in [-0.25, -0.2) is 0 Å². The summed E-state index contributed by atoms with van der Waals surface area (Å²) in [7, 11) is 0. The molecule has 0 bridgehead atoms. The largest absolute Gasteiger partial charge is 0.385 e. The Hall–Kier alpha value is -1.66. The third-order valence-corrected chi connectivity index (χ3v) is 7.17. The molecule has 1 aliphatic heterocycles. The Morgan fingerprint density at radius 1 is 1.00 bits per heavy atom. The fraction of sp³-hybridized carbons (Fsp3) is 0.440. The second-order valence-corrected chi connectivity index (χ2v) is 9.79. The number of fused-ring (bicyclic) bond motifs is 1. The van der Waals surface area contributed by atoms with Crippen molar-refractivity contribution < 1.29 is 0 Å². The summed E-state index contributed by atoms with van der Waals surface area (Å²) >= 11 is 7.85. The lowest BCUT2D eigenvalue weighted by Crippen LogP contribution is -2.27. The lowest BCUT2D eigenvalue weighted by molar-refractivity contribution is 0.350. The van der Waals surface area contributed by atoms with E-state index in [1.165, 1.54) is 60.3 Å². The Bertz CT molecular complexity index is 934. The molecule has 1 fully saturated rings. The SMILES string of the molecule is Clc1ccc2[nH]cc(CCCNSc3ccc(NCCCC4CCNCC4)cc3)c2c1. The van der Waals surface area contributed by atoms with Crippen LogP contribution in [0.2, 0.25) is 5.02 Å². The molecule has 1 aliphatic rings. The van der Waals surface area contributed by atoms with Gasteiger partial charge in [0.25, 0.3) is 0 Å². The molecule has 0 unspecified atom stereocenters. The van der Waals surface area contributed by atoms with Gasteiger partial charge < -0.3 is 15.6 Å². The maximum atomic E-state index is 6.14. The van der Waals surface area contributed by atoms with E-state index in [0.717, 1.165) is 42.4 Å². The minimum atomic E-state index is 0.793. The summed E-state index contributed by atoms with van der Waals surface area (Å²) in [6.45, 7) is 4.43. The molecule has 0 amide bonds. The van der Waals surface area contributed by atoms with Gasteiger partial charge in [-0.15, -0.1) is 0 Å². The number of halogens is 1. The molecular formula is C25H33ClN4S. The maximum absolute atomic E-state index is 6.14. The van der Waals surface area contributed by atoms with Gasteiger partial charge in [0.05, 0.1) is 0 Å². The number of aromatic amines is 1. The van der Waals surface area contributed by atoms with E-state index < -0.39 is 0 Å². The van der Waals surface area contributed by atoms with Crippen LogP contribution in [-0.2, 0) is 6.42 Å². The first-order chi connectivity index (χ1) is 15.3. The molecule has 0 radical (unpaired) electrons. The molecule has 31 heavy (non-hydrogen) atoms. The monoisotopic (exact) mass is 456 g/mol. The van der Waals surface area contributed by atoms with Crippen molar-refractivity contribution in [1.82, 2.24) is 15.0 Å². The Balaban J connectivity index is 1.11. The molecule has 0 spiro atoms. The molecule has 0 aliphatic carbocycles. The van der Waals surface area contributed by atoms with E-state index in [4.69, 9.17) is 11.6 Å². The second kappa shape index (κ2) is 11.8. The van der Waals surface area contributed by atoms with Crippen LogP contribution >= 0.6 is 23.5 Å². The van der Waals surface area contributed by atoms with Crippen LogP contribution in [0.15, 0.2) is 53.6 Å². The molecule has 1 aromatic heterocycles. The number of rotatable bonds is 11. The summed E-state index contributed by atoms with van der Waals surface area (Å²) in [5.74, 6) is 0.918. The van der Waals surface area contributed by atoms with E-state index in [-0.39, 0.29) is 0 Å². The molecule has 3 aromatic rings. The molecule has 166 valence electrons. The predicted octanol–water partition coefficient (Wildman–Crippen LogP) is 6.24. The minimum Gasteiger partial charge on any atom is -0.385 e. The van der Waals surface area contributed by atoms with Gasteiger partial charge in [-0.2, -0.15) is 0 Å². The third kappa shape index (κ3) is 6.91. The van der Waals surface area contributed by atoms with Crippen molar-refractivity contribution in [2.75, 3.05) is 31.5 Å². The average molecular weight is 457 g/mol. The number of nitrogens with one attached hydrogen (secondary N) is 4. The summed E-state index contributed by atoms with van der Waals surface area (Å²) in [6, 6.07) is 14.8. The fourth-order valence-corrected chi connectivity index (χ4v) is 5.13. The smallest absolute Gasteiger partial charge is 0.0457 e. The first-order valence-corrected chi connectivity index (χ1v) is 12.7. The predicted molar refractivity (Wildman–Crippen MR) is 135 cm³/mol. The van der Waals surface area contributed by atoms with Crippen LogP contribution < -0.4 is 15.4 Å². The van der Waals surface area contributed by atoms with Crippen LogP contribution in [0.4, 0.5) is 5.69 Å². The van der Waals surface area contributed by atoms with E-state index in [0.29, 0.717) is 0 Å². The van der Waals surface area contributed by atoms with Gasteiger partial charge in [0, 0.05) is 45.8 Å². The van der Waals surface area contributed by atoms with Crippen LogP contribution in [0.3, 0.4) is 0 Å². The highest BCUT2D eigenvalue weighted by atomic mass is 35.5. The highest BCUT2D eigenvalue weighted by Crippen LogP contribution is 2.24. The number of aromatic nitrogens is 1. The summed E-state index contributed by atoms with van der Waals surface area (Å²) in [5, 5.41) is 9.04. The molecule has 2 aromatic carbocycles. The number of H-pyrrole nitrogens is 1. The van der Waals surface area contributed by atoms with Crippen molar-refractivity contribution in [1.29, 1.82) is 0 Å². The van der Waals surface area contributed by atoms with Gasteiger partial charge in [0.15, 0.2) is 0 Å². The molecule has 4 nitrogen and oxygen atoms in total. The summed E-state index contributed by atoms with van der Waals surface area (Å²) < 4.78 is 3.49. The van der Waals surface area contributed by atoms with Gasteiger partial charge in [-0.1, -0.05) is 11.6 Å². The van der Waals surface area contributed by atoms with Gasteiger partial charge in [0.1, 0.15) is 0 Å². The van der Waals surface area contributed by atoms with Crippen molar-refractivity contribution in [3.05, 3.63) is 59.2 Å². The van der Waals surface area contributed by atoms with Crippen LogP contribution in [0, 0.1) is 5.92 Å². The fourth-order valence-electron chi connectivity index (χ4n) is 4.28. The molecular weight excluding hydrogens is 424 g/mol. The maximum Gasteiger partial charge on any atom is 0.0457 e. The van der Waals surface area contributed by atoms with E-state index >= 15 is 0 Å². The van der Waals surface area contributed by atoms with Crippen LogP contribution in [0.5, 0.6) is 0 Å². The summed E-state index contributed by atoms with van der Waals surface area (Å²) in [5.41, 5.74) is 3.70. The van der Waals surface area contributed by atoms with Crippen molar-refractivity contribution in [2.45, 2.75) is 43.4 Å². The van der Waals surface area contributed by atoms with Gasteiger partial charge in [0.2, 0.25) is 0 Å². The number of benzene rings is 2. The molecule has 4 rings (SSSR count). The number of piperidine rings is 1. The lowest BCUT2D eigenvalue weighted by atomic mass is 9.93. The van der Waals surface area contributed by atoms with E-state index in [9.17, 15) is 0 Å². The standard InChI is InChI=1S/C25H33ClN4S/c26-21-5-10-25-24(17-21)20(18-29-25)4-2-14-30-31-23-8-6-22(7-9-23)28-13-1-3-19-11-15-27-16-12-19/h5-10,17-19,27-30H,1-4,11-16H2. The Labute approximate surface area is 195 Å². The number of anilines is 1. The zero-order valence-electron chi connectivity index (χ0n) is 18.1. The zero-order chi connectivity index (χ0) is 21.3. The van der Waals surface area contributed by atoms with Gasteiger partial charge >= 0.3 is 0 Å².